The van der Waals surface area contributed by atoms with Gasteiger partial charge in [-0.05, 0) is 50.6 Å². The molecule has 1 aromatic carbocycles. The van der Waals surface area contributed by atoms with Crippen molar-refractivity contribution < 1.29 is 0 Å². The van der Waals surface area contributed by atoms with Crippen molar-refractivity contribution in [2.24, 2.45) is 0 Å². The number of thioether (sulfide) groups is 1. The summed E-state index contributed by atoms with van der Waals surface area (Å²) in [5.41, 5.74) is 1.54. The second-order valence-electron chi connectivity index (χ2n) is 4.90. The zero-order chi connectivity index (χ0) is 12.3. The number of hydrogen-bond donors (Lipinski definition) is 0. The van der Waals surface area contributed by atoms with Crippen LogP contribution in [0.2, 0.25) is 0 Å². The molecule has 0 N–H and O–H groups in total. The van der Waals surface area contributed by atoms with Crippen LogP contribution < -0.4 is 0 Å². The van der Waals surface area contributed by atoms with Crippen LogP contribution in [0.3, 0.4) is 0 Å². The van der Waals surface area contributed by atoms with Gasteiger partial charge < -0.3 is 0 Å². The van der Waals surface area contributed by atoms with Gasteiger partial charge in [-0.25, -0.2) is 0 Å². The van der Waals surface area contributed by atoms with Gasteiger partial charge in [-0.3, -0.25) is 4.90 Å². The minimum absolute atomic E-state index is 0.647. The molecule has 2 rings (SSSR count). The standard InChI is InChI=1S/C15H23NS/c1-4-12(2)16-11-7-9-14(16)13-8-5-6-10-15(13)17-3/h5-6,8,10,12,14H,4,7,9,11H2,1-3H3/t12?,14-/m0/s1. The number of likely N-dealkylation sites (tertiary alicyclic amines) is 1. The fourth-order valence-corrected chi connectivity index (χ4v) is 3.48. The van der Waals surface area contributed by atoms with Crippen LogP contribution in [0.5, 0.6) is 0 Å². The highest BCUT2D eigenvalue weighted by Gasteiger charge is 2.29. The summed E-state index contributed by atoms with van der Waals surface area (Å²) < 4.78 is 0. The molecule has 0 amide bonds. The topological polar surface area (TPSA) is 3.24 Å². The Kier molecular flexibility index (Phi) is 4.52. The van der Waals surface area contributed by atoms with Crippen molar-refractivity contribution >= 4 is 11.8 Å². The van der Waals surface area contributed by atoms with Crippen LogP contribution in [0, 0.1) is 0 Å². The predicted molar refractivity (Wildman–Crippen MR) is 76.7 cm³/mol. The fourth-order valence-electron chi connectivity index (χ4n) is 2.83. The highest BCUT2D eigenvalue weighted by Crippen LogP contribution is 2.38. The van der Waals surface area contributed by atoms with Crippen molar-refractivity contribution in [3.05, 3.63) is 29.8 Å². The van der Waals surface area contributed by atoms with Gasteiger partial charge >= 0.3 is 0 Å². The van der Waals surface area contributed by atoms with Gasteiger partial charge in [0.1, 0.15) is 0 Å². The number of nitrogens with zero attached hydrogens (tertiary/aromatic N) is 1. The highest BCUT2D eigenvalue weighted by atomic mass is 32.2. The van der Waals surface area contributed by atoms with E-state index in [-0.39, 0.29) is 0 Å². The molecule has 1 aliphatic rings. The number of hydrogen-bond acceptors (Lipinski definition) is 2. The van der Waals surface area contributed by atoms with E-state index >= 15 is 0 Å². The molecule has 1 saturated heterocycles. The first kappa shape index (κ1) is 13.0. The average Bonchev–Trinajstić information content (AvgIpc) is 2.86. The molecule has 0 spiro atoms. The van der Waals surface area contributed by atoms with E-state index < -0.39 is 0 Å². The first-order valence-corrected chi connectivity index (χ1v) is 7.89. The van der Waals surface area contributed by atoms with Crippen molar-refractivity contribution in [3.8, 4) is 0 Å². The largest absolute Gasteiger partial charge is 0.294 e. The zero-order valence-electron chi connectivity index (χ0n) is 11.1. The molecule has 2 atom stereocenters. The van der Waals surface area contributed by atoms with Gasteiger partial charge in [-0.15, -0.1) is 11.8 Å². The van der Waals surface area contributed by atoms with Crippen LogP contribution in [0.15, 0.2) is 29.2 Å². The zero-order valence-corrected chi connectivity index (χ0v) is 12.0. The molecule has 1 nitrogen and oxygen atoms in total. The molecular weight excluding hydrogens is 226 g/mol. The maximum Gasteiger partial charge on any atom is 0.0362 e. The monoisotopic (exact) mass is 249 g/mol. The SMILES string of the molecule is CCC(C)N1CCC[C@H]1c1ccccc1SC. The average molecular weight is 249 g/mol. The summed E-state index contributed by atoms with van der Waals surface area (Å²) >= 11 is 1.88. The van der Waals surface area contributed by atoms with Crippen molar-refractivity contribution in [3.63, 3.8) is 0 Å². The maximum absolute atomic E-state index is 2.69. The molecule has 1 heterocycles. The summed E-state index contributed by atoms with van der Waals surface area (Å²) in [6, 6.07) is 10.3. The van der Waals surface area contributed by atoms with Crippen LogP contribution in [0.4, 0.5) is 0 Å². The van der Waals surface area contributed by atoms with Crippen LogP contribution in [0.1, 0.15) is 44.7 Å². The fraction of sp³-hybridized carbons (Fsp3) is 0.600. The number of rotatable bonds is 4. The lowest BCUT2D eigenvalue weighted by molar-refractivity contribution is 0.186. The molecular formula is C15H23NS. The molecule has 17 heavy (non-hydrogen) atoms. The normalized spacial score (nSPS) is 22.9. The van der Waals surface area contributed by atoms with Crippen molar-refractivity contribution in [2.75, 3.05) is 12.8 Å². The van der Waals surface area contributed by atoms with E-state index in [0.29, 0.717) is 12.1 Å². The maximum atomic E-state index is 2.69. The first-order valence-electron chi connectivity index (χ1n) is 6.66. The summed E-state index contributed by atoms with van der Waals surface area (Å²) in [6.07, 6.45) is 6.10. The van der Waals surface area contributed by atoms with Crippen LogP contribution in [-0.4, -0.2) is 23.7 Å². The lowest BCUT2D eigenvalue weighted by Gasteiger charge is -2.31. The van der Waals surface area contributed by atoms with Gasteiger partial charge in [0.05, 0.1) is 0 Å². The van der Waals surface area contributed by atoms with Gasteiger partial charge in [0.25, 0.3) is 0 Å². The van der Waals surface area contributed by atoms with E-state index in [2.05, 4.69) is 49.3 Å². The van der Waals surface area contributed by atoms with E-state index in [1.807, 2.05) is 11.8 Å². The van der Waals surface area contributed by atoms with Gasteiger partial charge in [0.2, 0.25) is 0 Å². The van der Waals surface area contributed by atoms with Gasteiger partial charge in [0, 0.05) is 17.0 Å². The highest BCUT2D eigenvalue weighted by molar-refractivity contribution is 7.98. The molecule has 1 aliphatic heterocycles. The molecule has 0 aromatic heterocycles. The van der Waals surface area contributed by atoms with E-state index in [1.54, 1.807) is 0 Å². The van der Waals surface area contributed by atoms with E-state index in [0.717, 1.165) is 0 Å². The van der Waals surface area contributed by atoms with Gasteiger partial charge in [0.15, 0.2) is 0 Å². The third-order valence-corrected chi connectivity index (χ3v) is 4.76. The Hall–Kier alpha value is -0.470. The summed E-state index contributed by atoms with van der Waals surface area (Å²) in [4.78, 5) is 4.14. The van der Waals surface area contributed by atoms with Crippen LogP contribution in [0.25, 0.3) is 0 Å². The molecule has 0 aliphatic carbocycles. The van der Waals surface area contributed by atoms with Crippen LogP contribution in [-0.2, 0) is 0 Å². The van der Waals surface area contributed by atoms with Crippen molar-refractivity contribution in [2.45, 2.75) is 50.1 Å². The quantitative estimate of drug-likeness (QED) is 0.730. The Balaban J connectivity index is 2.25. The summed E-state index contributed by atoms with van der Waals surface area (Å²) in [7, 11) is 0. The van der Waals surface area contributed by atoms with Crippen molar-refractivity contribution in [1.29, 1.82) is 0 Å². The van der Waals surface area contributed by atoms with Crippen molar-refractivity contribution in [1.82, 2.24) is 4.90 Å². The molecule has 94 valence electrons. The van der Waals surface area contributed by atoms with E-state index in [1.165, 1.54) is 36.3 Å². The summed E-state index contributed by atoms with van der Waals surface area (Å²) in [5.74, 6) is 0. The summed E-state index contributed by atoms with van der Waals surface area (Å²) in [5, 5.41) is 0. The Morgan fingerprint density at radius 3 is 2.88 bits per heavy atom. The Morgan fingerprint density at radius 2 is 2.18 bits per heavy atom. The number of benzene rings is 1. The molecule has 1 fully saturated rings. The third-order valence-electron chi connectivity index (χ3n) is 3.95. The first-order chi connectivity index (χ1) is 8.27. The van der Waals surface area contributed by atoms with E-state index in [4.69, 9.17) is 0 Å². The molecule has 0 bridgehead atoms. The Morgan fingerprint density at radius 1 is 1.41 bits per heavy atom. The molecule has 1 aromatic rings. The smallest absolute Gasteiger partial charge is 0.0362 e. The predicted octanol–water partition coefficient (Wildman–Crippen LogP) is 4.34. The minimum Gasteiger partial charge on any atom is -0.294 e. The molecule has 0 saturated carbocycles. The minimum atomic E-state index is 0.647. The molecule has 2 heteroatoms. The summed E-state index contributed by atoms with van der Waals surface area (Å²) in [6.45, 7) is 5.92. The lowest BCUT2D eigenvalue weighted by atomic mass is 10.0. The van der Waals surface area contributed by atoms with Gasteiger partial charge in [-0.1, -0.05) is 25.1 Å². The molecule has 0 radical (unpaired) electrons. The Labute approximate surface area is 110 Å². The van der Waals surface area contributed by atoms with Gasteiger partial charge in [-0.2, -0.15) is 0 Å². The second-order valence-corrected chi connectivity index (χ2v) is 5.74. The van der Waals surface area contributed by atoms with E-state index in [9.17, 15) is 0 Å². The third kappa shape index (κ3) is 2.69. The molecule has 1 unspecified atom stereocenters. The Bertz CT molecular complexity index is 364. The lowest BCUT2D eigenvalue weighted by Crippen LogP contribution is -2.32. The van der Waals surface area contributed by atoms with Crippen LogP contribution >= 0.6 is 11.8 Å². The second kappa shape index (κ2) is 5.92.